The number of piperidine rings is 1. The second kappa shape index (κ2) is 9.30. The quantitative estimate of drug-likeness (QED) is 0.712. The van der Waals surface area contributed by atoms with Crippen LogP contribution >= 0.6 is 0 Å². The molecule has 0 bridgehead atoms. The number of ether oxygens (including phenoxy) is 2. The van der Waals surface area contributed by atoms with Crippen molar-refractivity contribution in [3.63, 3.8) is 0 Å². The number of allylic oxidation sites excluding steroid dienone is 1. The van der Waals surface area contributed by atoms with Crippen molar-refractivity contribution in [2.75, 3.05) is 19.8 Å². The number of rotatable bonds is 6. The highest BCUT2D eigenvalue weighted by molar-refractivity contribution is 6.02. The number of fused-ring (bicyclic) bond motifs is 1. The van der Waals surface area contributed by atoms with Crippen LogP contribution in [0.15, 0.2) is 54.7 Å². The van der Waals surface area contributed by atoms with E-state index < -0.39 is 12.6 Å². The fourth-order valence-electron chi connectivity index (χ4n) is 4.43. The van der Waals surface area contributed by atoms with Crippen molar-refractivity contribution in [3.05, 3.63) is 77.0 Å². The van der Waals surface area contributed by atoms with E-state index in [2.05, 4.69) is 11.9 Å². The van der Waals surface area contributed by atoms with Crippen LogP contribution in [0.5, 0.6) is 5.75 Å². The van der Waals surface area contributed by atoms with Gasteiger partial charge in [0.1, 0.15) is 25.0 Å². The highest BCUT2D eigenvalue weighted by Crippen LogP contribution is 2.34. The van der Waals surface area contributed by atoms with Crippen molar-refractivity contribution in [1.82, 2.24) is 15.1 Å². The summed E-state index contributed by atoms with van der Waals surface area (Å²) in [4.78, 5) is 40.6. The van der Waals surface area contributed by atoms with Gasteiger partial charge in [-0.1, -0.05) is 36.9 Å². The number of benzene rings is 2. The van der Waals surface area contributed by atoms with Crippen molar-refractivity contribution >= 4 is 17.7 Å². The molecule has 2 fully saturated rings. The van der Waals surface area contributed by atoms with Gasteiger partial charge in [0.2, 0.25) is 11.8 Å². The Morgan fingerprint density at radius 2 is 1.94 bits per heavy atom. The third kappa shape index (κ3) is 4.41. The van der Waals surface area contributed by atoms with Crippen LogP contribution in [0.25, 0.3) is 0 Å². The van der Waals surface area contributed by atoms with Crippen LogP contribution in [0.2, 0.25) is 0 Å². The molecule has 3 amide bonds. The molecule has 34 heavy (non-hydrogen) atoms. The number of hydrogen-bond acceptors (Lipinski definition) is 5. The summed E-state index contributed by atoms with van der Waals surface area (Å²) in [6.07, 6.45) is 1.01. The largest absolute Gasteiger partial charge is 0.489 e. The van der Waals surface area contributed by atoms with Crippen molar-refractivity contribution in [1.29, 1.82) is 0 Å². The van der Waals surface area contributed by atoms with Gasteiger partial charge in [-0.2, -0.15) is 0 Å². The Labute approximate surface area is 199 Å². The molecule has 0 radical (unpaired) electrons. The van der Waals surface area contributed by atoms with E-state index in [4.69, 9.17) is 10.8 Å². The van der Waals surface area contributed by atoms with Gasteiger partial charge in [-0.05, 0) is 36.1 Å². The molecule has 0 aliphatic carbocycles. The lowest BCUT2D eigenvalue weighted by atomic mass is 10.0. The van der Waals surface area contributed by atoms with Gasteiger partial charge in [-0.25, -0.2) is 0 Å². The minimum atomic E-state index is -1.02. The Kier molecular flexibility index (Phi) is 5.73. The van der Waals surface area contributed by atoms with Crippen molar-refractivity contribution in [2.24, 2.45) is 0 Å². The molecule has 2 aromatic rings. The summed E-state index contributed by atoms with van der Waals surface area (Å²) in [5.41, 5.74) is 3.45. The molecule has 0 spiro atoms. The predicted molar refractivity (Wildman–Crippen MR) is 124 cm³/mol. The first-order chi connectivity index (χ1) is 16.9. The van der Waals surface area contributed by atoms with Crippen LogP contribution in [0.1, 0.15) is 41.3 Å². The highest BCUT2D eigenvalue weighted by atomic mass is 16.5. The SMILES string of the molecule is [2H]C1c2c(OCc3ccc(CN4CCOCC4=O)cc3)cccc2C(=O)N1C1CCC(=C)NC1=O. The molecule has 2 saturated heterocycles. The Bertz CT molecular complexity index is 1180. The molecule has 2 unspecified atom stereocenters. The number of hydrogen-bond donors (Lipinski definition) is 1. The van der Waals surface area contributed by atoms with Crippen molar-refractivity contribution < 1.29 is 25.2 Å². The van der Waals surface area contributed by atoms with E-state index in [0.717, 1.165) is 11.1 Å². The van der Waals surface area contributed by atoms with E-state index in [1.807, 2.05) is 24.3 Å². The Morgan fingerprint density at radius 3 is 2.71 bits per heavy atom. The predicted octanol–water partition coefficient (Wildman–Crippen LogP) is 2.37. The van der Waals surface area contributed by atoms with E-state index in [9.17, 15) is 14.4 Å². The van der Waals surface area contributed by atoms with Crippen LogP contribution in [0.4, 0.5) is 0 Å². The molecule has 8 nitrogen and oxygen atoms in total. The first kappa shape index (κ1) is 20.9. The summed E-state index contributed by atoms with van der Waals surface area (Å²) in [5.74, 6) is -0.186. The van der Waals surface area contributed by atoms with Gasteiger partial charge in [0, 0.05) is 29.9 Å². The summed E-state index contributed by atoms with van der Waals surface area (Å²) in [7, 11) is 0. The second-order valence-corrected chi connectivity index (χ2v) is 8.68. The third-order valence-electron chi connectivity index (χ3n) is 6.33. The molecule has 2 atom stereocenters. The zero-order valence-corrected chi connectivity index (χ0v) is 18.8. The zero-order valence-electron chi connectivity index (χ0n) is 19.8. The van der Waals surface area contributed by atoms with Gasteiger partial charge in [0.25, 0.3) is 5.91 Å². The van der Waals surface area contributed by atoms with E-state index in [1.54, 1.807) is 23.1 Å². The number of nitrogens with zero attached hydrogens (tertiary/aromatic N) is 2. The molecule has 176 valence electrons. The minimum absolute atomic E-state index is 0.00854. The Morgan fingerprint density at radius 1 is 1.15 bits per heavy atom. The summed E-state index contributed by atoms with van der Waals surface area (Å²) in [6.45, 7) is 4.83. The van der Waals surface area contributed by atoms with Gasteiger partial charge in [0.15, 0.2) is 0 Å². The maximum absolute atomic E-state index is 13.1. The topological polar surface area (TPSA) is 88.2 Å². The van der Waals surface area contributed by atoms with Gasteiger partial charge >= 0.3 is 0 Å². The van der Waals surface area contributed by atoms with Crippen LogP contribution < -0.4 is 10.1 Å². The third-order valence-corrected chi connectivity index (χ3v) is 6.33. The van der Waals surface area contributed by atoms with Gasteiger partial charge in [0.05, 0.1) is 14.5 Å². The number of carbonyl (C=O) groups is 3. The molecular formula is C26H27N3O5. The molecule has 3 aliphatic heterocycles. The number of carbonyl (C=O) groups excluding carboxylic acids is 3. The molecule has 1 N–H and O–H groups in total. The van der Waals surface area contributed by atoms with E-state index >= 15 is 0 Å². The zero-order chi connectivity index (χ0) is 24.5. The van der Waals surface area contributed by atoms with Gasteiger partial charge < -0.3 is 24.6 Å². The maximum atomic E-state index is 13.1. The summed E-state index contributed by atoms with van der Waals surface area (Å²) in [5, 5.41) is 2.70. The maximum Gasteiger partial charge on any atom is 0.255 e. The molecule has 5 rings (SSSR count). The standard InChI is InChI=1S/C26H27N3O5/c1-17-5-10-22(25(31)27-17)29-14-21-20(26(29)32)3-2-4-23(21)34-15-19-8-6-18(7-9-19)13-28-11-12-33-16-24(28)30/h2-4,6-9,22H,1,5,10-16H2,(H,27,31)/i14D. The summed E-state index contributed by atoms with van der Waals surface area (Å²) < 4.78 is 20.0. The minimum Gasteiger partial charge on any atom is -0.489 e. The molecule has 2 aromatic carbocycles. The lowest BCUT2D eigenvalue weighted by Gasteiger charge is -2.31. The average molecular weight is 463 g/mol. The number of amides is 3. The monoisotopic (exact) mass is 462 g/mol. The molecule has 0 saturated carbocycles. The van der Waals surface area contributed by atoms with E-state index in [-0.39, 0.29) is 30.9 Å². The smallest absolute Gasteiger partial charge is 0.255 e. The van der Waals surface area contributed by atoms with Gasteiger partial charge in [-0.3, -0.25) is 14.4 Å². The van der Waals surface area contributed by atoms with Crippen molar-refractivity contribution in [2.45, 2.75) is 38.6 Å². The summed E-state index contributed by atoms with van der Waals surface area (Å²) >= 11 is 0. The summed E-state index contributed by atoms with van der Waals surface area (Å²) in [6, 6.07) is 12.3. The van der Waals surface area contributed by atoms with E-state index in [0.29, 0.717) is 55.1 Å². The molecule has 8 heteroatoms. The molecular weight excluding hydrogens is 434 g/mol. The number of morpholine rings is 1. The fourth-order valence-corrected chi connectivity index (χ4v) is 4.43. The normalized spacial score (nSPS) is 23.0. The van der Waals surface area contributed by atoms with Crippen LogP contribution in [-0.4, -0.2) is 53.3 Å². The fraction of sp³-hybridized carbons (Fsp3) is 0.346. The van der Waals surface area contributed by atoms with Crippen LogP contribution in [-0.2, 0) is 34.0 Å². The first-order valence-electron chi connectivity index (χ1n) is 11.9. The highest BCUT2D eigenvalue weighted by Gasteiger charge is 2.39. The Hall–Kier alpha value is -3.65. The Balaban J connectivity index is 1.27. The lowest BCUT2D eigenvalue weighted by molar-refractivity contribution is -0.143. The lowest BCUT2D eigenvalue weighted by Crippen LogP contribution is -2.49. The molecule has 0 aromatic heterocycles. The first-order valence-corrected chi connectivity index (χ1v) is 11.3. The molecule has 3 aliphatic rings. The van der Waals surface area contributed by atoms with E-state index in [1.165, 1.54) is 4.90 Å². The van der Waals surface area contributed by atoms with Crippen LogP contribution in [0.3, 0.4) is 0 Å². The second-order valence-electron chi connectivity index (χ2n) is 8.68. The average Bonchev–Trinajstić information content (AvgIpc) is 3.11. The number of nitrogens with one attached hydrogen (secondary N) is 1. The van der Waals surface area contributed by atoms with Gasteiger partial charge in [-0.15, -0.1) is 0 Å². The molecule has 3 heterocycles. The van der Waals surface area contributed by atoms with Crippen molar-refractivity contribution in [3.8, 4) is 5.75 Å². The van der Waals surface area contributed by atoms with Crippen LogP contribution in [0, 0.1) is 0 Å².